The standard InChI is InChI=1S/C25H34Cl2N3O2P.ClH/c1-4-33(32,5-2)28-21-10-8-9-20(17-21)24(18-30-13-6-7-14-30)29(3)25(31)16-19-11-12-22(26)23(27)15-19;/h8-12,15,17,24H,4-7,13-14,16,18H2,1-3H3,(H,28,32);1H/t24-;/m1./s1. The lowest BCUT2D eigenvalue weighted by molar-refractivity contribution is -0.131. The Morgan fingerprint density at radius 1 is 1.09 bits per heavy atom. The molecule has 5 nitrogen and oxygen atoms in total. The van der Waals surface area contributed by atoms with Crippen molar-refractivity contribution in [3.8, 4) is 0 Å². The van der Waals surface area contributed by atoms with Crippen LogP contribution in [0.15, 0.2) is 42.5 Å². The Hall–Kier alpha value is -1.23. The average Bonchev–Trinajstić information content (AvgIpc) is 3.33. The van der Waals surface area contributed by atoms with Gasteiger partial charge in [0.05, 0.1) is 22.5 Å². The first kappa shape index (κ1) is 29.0. The van der Waals surface area contributed by atoms with Gasteiger partial charge in [-0.25, -0.2) is 0 Å². The van der Waals surface area contributed by atoms with Gasteiger partial charge in [0.25, 0.3) is 0 Å². The van der Waals surface area contributed by atoms with Crippen LogP contribution in [-0.2, 0) is 15.8 Å². The number of rotatable bonds is 10. The van der Waals surface area contributed by atoms with Gasteiger partial charge in [0.1, 0.15) is 0 Å². The van der Waals surface area contributed by atoms with Crippen molar-refractivity contribution in [3.05, 3.63) is 63.6 Å². The summed E-state index contributed by atoms with van der Waals surface area (Å²) in [5, 5.41) is 4.21. The summed E-state index contributed by atoms with van der Waals surface area (Å²) in [6.45, 7) is 6.76. The molecular weight excluding hydrogens is 512 g/mol. The van der Waals surface area contributed by atoms with Crippen LogP contribution in [0.2, 0.25) is 10.0 Å². The fourth-order valence-corrected chi connectivity index (χ4v) is 5.91. The minimum atomic E-state index is -2.44. The molecule has 9 heteroatoms. The zero-order valence-corrected chi connectivity index (χ0v) is 23.3. The van der Waals surface area contributed by atoms with E-state index in [9.17, 15) is 9.36 Å². The van der Waals surface area contributed by atoms with Crippen molar-refractivity contribution >= 4 is 54.5 Å². The van der Waals surface area contributed by atoms with Crippen LogP contribution < -0.4 is 5.09 Å². The van der Waals surface area contributed by atoms with Crippen LogP contribution in [0.5, 0.6) is 0 Å². The average molecular weight is 547 g/mol. The predicted molar refractivity (Wildman–Crippen MR) is 147 cm³/mol. The van der Waals surface area contributed by atoms with E-state index in [-0.39, 0.29) is 30.8 Å². The normalized spacial score (nSPS) is 15.0. The highest BCUT2D eigenvalue weighted by Gasteiger charge is 2.26. The van der Waals surface area contributed by atoms with Crippen molar-refractivity contribution in [2.24, 2.45) is 0 Å². The maximum absolute atomic E-state index is 13.3. The Balaban J connectivity index is 0.00000408. The van der Waals surface area contributed by atoms with E-state index >= 15 is 0 Å². The van der Waals surface area contributed by atoms with Gasteiger partial charge in [-0.1, -0.05) is 55.2 Å². The number of hydrogen-bond donors (Lipinski definition) is 1. The highest BCUT2D eigenvalue weighted by atomic mass is 35.5. The summed E-state index contributed by atoms with van der Waals surface area (Å²) in [6, 6.07) is 13.2. The third-order valence-corrected chi connectivity index (χ3v) is 9.90. The van der Waals surface area contributed by atoms with E-state index in [1.165, 1.54) is 12.8 Å². The van der Waals surface area contributed by atoms with E-state index in [4.69, 9.17) is 23.2 Å². The number of carbonyl (C=O) groups is 1. The fraction of sp³-hybridized carbons (Fsp3) is 0.480. The summed E-state index contributed by atoms with van der Waals surface area (Å²) in [6.07, 6.45) is 3.83. The molecule has 3 rings (SSSR count). The van der Waals surface area contributed by atoms with E-state index < -0.39 is 7.29 Å². The SMILES string of the molecule is CCP(=O)(CC)Nc1cccc([C@@H](CN2CCCC2)N(C)C(=O)Cc2ccc(Cl)c(Cl)c2)c1.Cl. The van der Waals surface area contributed by atoms with Crippen LogP contribution in [-0.4, -0.2) is 54.7 Å². The van der Waals surface area contributed by atoms with Crippen LogP contribution in [0.1, 0.15) is 43.9 Å². The summed E-state index contributed by atoms with van der Waals surface area (Å²) in [7, 11) is -0.579. The third kappa shape index (κ3) is 7.63. The zero-order chi connectivity index (χ0) is 24.0. The molecule has 1 aliphatic rings. The Bertz CT molecular complexity index is 1010. The van der Waals surface area contributed by atoms with E-state index in [1.807, 2.05) is 50.1 Å². The first-order chi connectivity index (χ1) is 15.7. The molecule has 0 aliphatic carbocycles. The lowest BCUT2D eigenvalue weighted by atomic mass is 10.0. The lowest BCUT2D eigenvalue weighted by Crippen LogP contribution is -2.39. The van der Waals surface area contributed by atoms with Crippen molar-refractivity contribution in [3.63, 3.8) is 0 Å². The van der Waals surface area contributed by atoms with Crippen molar-refractivity contribution in [1.29, 1.82) is 0 Å². The minimum Gasteiger partial charge on any atom is -0.337 e. The van der Waals surface area contributed by atoms with E-state index in [2.05, 4.69) is 16.1 Å². The molecule has 1 aliphatic heterocycles. The summed E-state index contributed by atoms with van der Waals surface area (Å²) in [5.41, 5.74) is 2.72. The number of likely N-dealkylation sites (N-methyl/N-ethyl adjacent to an activating group) is 1. The lowest BCUT2D eigenvalue weighted by Gasteiger charge is -2.32. The maximum atomic E-state index is 13.3. The van der Waals surface area contributed by atoms with Gasteiger partial charge in [-0.05, 0) is 61.3 Å². The van der Waals surface area contributed by atoms with Gasteiger partial charge in [-0.15, -0.1) is 12.4 Å². The van der Waals surface area contributed by atoms with E-state index in [1.54, 1.807) is 12.1 Å². The molecule has 0 radical (unpaired) electrons. The Kier molecular flexibility index (Phi) is 11.2. The van der Waals surface area contributed by atoms with Gasteiger partial charge in [0.15, 0.2) is 7.29 Å². The molecule has 2 aromatic rings. The molecule has 1 atom stereocenters. The van der Waals surface area contributed by atoms with Gasteiger partial charge in [-0.3, -0.25) is 4.79 Å². The number of benzene rings is 2. The molecule has 0 aromatic heterocycles. The molecule has 1 fully saturated rings. The van der Waals surface area contributed by atoms with Gasteiger partial charge in [0.2, 0.25) is 5.91 Å². The molecule has 188 valence electrons. The molecule has 0 bridgehead atoms. The number of likely N-dealkylation sites (tertiary alicyclic amines) is 1. The second kappa shape index (κ2) is 13.2. The topological polar surface area (TPSA) is 52.7 Å². The Labute approximate surface area is 220 Å². The largest absolute Gasteiger partial charge is 0.337 e. The molecule has 1 heterocycles. The Morgan fingerprint density at radius 2 is 1.76 bits per heavy atom. The molecule has 0 saturated carbocycles. The van der Waals surface area contributed by atoms with Crippen molar-refractivity contribution in [2.45, 2.75) is 39.2 Å². The molecule has 34 heavy (non-hydrogen) atoms. The van der Waals surface area contributed by atoms with E-state index in [0.717, 1.165) is 36.4 Å². The maximum Gasteiger partial charge on any atom is 0.227 e. The van der Waals surface area contributed by atoms with Crippen LogP contribution in [0.3, 0.4) is 0 Å². The predicted octanol–water partition coefficient (Wildman–Crippen LogP) is 6.98. The van der Waals surface area contributed by atoms with Gasteiger partial charge < -0.3 is 19.5 Å². The highest BCUT2D eigenvalue weighted by molar-refractivity contribution is 7.65. The number of hydrogen-bond acceptors (Lipinski definition) is 3. The van der Waals surface area contributed by atoms with Gasteiger partial charge >= 0.3 is 0 Å². The smallest absolute Gasteiger partial charge is 0.227 e. The first-order valence-corrected chi connectivity index (χ1v) is 14.5. The van der Waals surface area contributed by atoms with Gasteiger partial charge in [0, 0.05) is 31.6 Å². The summed E-state index contributed by atoms with van der Waals surface area (Å²) in [5.74, 6) is 0.0173. The molecule has 1 amide bonds. The first-order valence-electron chi connectivity index (χ1n) is 11.6. The molecular formula is C25H35Cl3N3O2P. The number of amides is 1. The monoisotopic (exact) mass is 545 g/mol. The summed E-state index contributed by atoms with van der Waals surface area (Å²) >= 11 is 12.2. The van der Waals surface area contributed by atoms with Crippen molar-refractivity contribution < 1.29 is 9.36 Å². The summed E-state index contributed by atoms with van der Waals surface area (Å²) in [4.78, 5) is 17.5. The van der Waals surface area contributed by atoms with Crippen LogP contribution >= 0.6 is 42.9 Å². The number of halogens is 3. The zero-order valence-electron chi connectivity index (χ0n) is 20.1. The molecule has 1 saturated heterocycles. The Morgan fingerprint density at radius 3 is 2.38 bits per heavy atom. The van der Waals surface area contributed by atoms with Crippen molar-refractivity contribution in [1.82, 2.24) is 9.80 Å². The van der Waals surface area contributed by atoms with Crippen LogP contribution in [0.4, 0.5) is 5.69 Å². The van der Waals surface area contributed by atoms with Crippen LogP contribution in [0.25, 0.3) is 0 Å². The highest BCUT2D eigenvalue weighted by Crippen LogP contribution is 2.44. The number of nitrogens with zero attached hydrogens (tertiary/aromatic N) is 2. The number of nitrogens with one attached hydrogen (secondary N) is 1. The molecule has 0 spiro atoms. The molecule has 2 aromatic carbocycles. The van der Waals surface area contributed by atoms with Gasteiger partial charge in [-0.2, -0.15) is 0 Å². The minimum absolute atomic E-state index is 0. The molecule has 0 unspecified atom stereocenters. The second-order valence-corrected chi connectivity index (χ2v) is 12.8. The molecule has 1 N–H and O–H groups in total. The fourth-order valence-electron chi connectivity index (χ4n) is 4.22. The second-order valence-electron chi connectivity index (χ2n) is 8.71. The number of carbonyl (C=O) groups excluding carboxylic acids is 1. The number of anilines is 1. The van der Waals surface area contributed by atoms with Crippen molar-refractivity contribution in [2.75, 3.05) is 44.1 Å². The summed E-state index contributed by atoms with van der Waals surface area (Å²) < 4.78 is 13.0. The third-order valence-electron chi connectivity index (χ3n) is 6.46. The quantitative estimate of drug-likeness (QED) is 0.327. The van der Waals surface area contributed by atoms with Crippen LogP contribution in [0, 0.1) is 0 Å². The van der Waals surface area contributed by atoms with E-state index in [0.29, 0.717) is 22.4 Å².